The van der Waals surface area contributed by atoms with Crippen molar-refractivity contribution in [2.45, 2.75) is 12.5 Å². The maximum Gasteiger partial charge on any atom is 0.251 e. The van der Waals surface area contributed by atoms with Gasteiger partial charge in [0.05, 0.1) is 23.6 Å². The number of carbonyl (C=O) groups is 1. The molecule has 1 N–H and O–H groups in total. The lowest BCUT2D eigenvalue weighted by atomic mass is 10.2. The second kappa shape index (κ2) is 5.38. The van der Waals surface area contributed by atoms with E-state index in [-0.39, 0.29) is 23.5 Å². The third kappa shape index (κ3) is 3.39. The number of sulfone groups is 1. The van der Waals surface area contributed by atoms with Crippen LogP contribution in [0.15, 0.2) is 18.2 Å². The Morgan fingerprint density at radius 3 is 2.74 bits per heavy atom. The highest BCUT2D eigenvalue weighted by Crippen LogP contribution is 2.25. The number of rotatable bonds is 3. The topological polar surface area (TPSA) is 72.5 Å². The van der Waals surface area contributed by atoms with Gasteiger partial charge in [-0.1, -0.05) is 11.6 Å². The zero-order valence-corrected chi connectivity index (χ0v) is 11.9. The molecule has 2 rings (SSSR count). The SMILES string of the molecule is COc1ccc(C(=O)NC2CCS(=O)(=O)C2)cc1Cl. The molecule has 1 atom stereocenters. The van der Waals surface area contributed by atoms with Crippen molar-refractivity contribution in [2.75, 3.05) is 18.6 Å². The van der Waals surface area contributed by atoms with Crippen LogP contribution in [-0.4, -0.2) is 39.0 Å². The van der Waals surface area contributed by atoms with Gasteiger partial charge in [-0.05, 0) is 24.6 Å². The third-order valence-corrected chi connectivity index (χ3v) is 5.04. The quantitative estimate of drug-likeness (QED) is 0.912. The van der Waals surface area contributed by atoms with Crippen molar-refractivity contribution in [3.8, 4) is 5.75 Å². The number of methoxy groups -OCH3 is 1. The molecule has 5 nitrogen and oxygen atoms in total. The third-order valence-electron chi connectivity index (χ3n) is 2.98. The van der Waals surface area contributed by atoms with E-state index in [2.05, 4.69) is 5.32 Å². The molecule has 0 aromatic heterocycles. The first kappa shape index (κ1) is 14.1. The molecule has 0 saturated carbocycles. The maximum atomic E-state index is 12.0. The predicted octanol–water partition coefficient (Wildman–Crippen LogP) is 1.27. The van der Waals surface area contributed by atoms with Crippen LogP contribution in [0.2, 0.25) is 5.02 Å². The molecule has 1 unspecified atom stereocenters. The molecule has 1 aromatic carbocycles. The first-order valence-corrected chi connectivity index (χ1v) is 7.96. The molecule has 1 aliphatic rings. The van der Waals surface area contributed by atoms with Crippen LogP contribution >= 0.6 is 11.6 Å². The summed E-state index contributed by atoms with van der Waals surface area (Å²) >= 11 is 5.93. The summed E-state index contributed by atoms with van der Waals surface area (Å²) in [6.07, 6.45) is 0.456. The Labute approximate surface area is 116 Å². The van der Waals surface area contributed by atoms with Gasteiger partial charge in [0.2, 0.25) is 0 Å². The van der Waals surface area contributed by atoms with Crippen LogP contribution < -0.4 is 10.1 Å². The van der Waals surface area contributed by atoms with Gasteiger partial charge < -0.3 is 10.1 Å². The van der Waals surface area contributed by atoms with Crippen LogP contribution in [0.25, 0.3) is 0 Å². The smallest absolute Gasteiger partial charge is 0.251 e. The number of carbonyl (C=O) groups excluding carboxylic acids is 1. The molecule has 0 bridgehead atoms. The number of nitrogens with one attached hydrogen (secondary N) is 1. The largest absolute Gasteiger partial charge is 0.495 e. The molecule has 0 spiro atoms. The van der Waals surface area contributed by atoms with Gasteiger partial charge in [0.1, 0.15) is 5.75 Å². The lowest BCUT2D eigenvalue weighted by Crippen LogP contribution is -2.35. The maximum absolute atomic E-state index is 12.0. The molecule has 1 saturated heterocycles. The summed E-state index contributed by atoms with van der Waals surface area (Å²) in [5, 5.41) is 3.04. The van der Waals surface area contributed by atoms with E-state index in [0.717, 1.165) is 0 Å². The summed E-state index contributed by atoms with van der Waals surface area (Å²) in [6, 6.07) is 4.36. The van der Waals surface area contributed by atoms with Crippen LogP contribution in [0.5, 0.6) is 5.75 Å². The molecule has 104 valence electrons. The van der Waals surface area contributed by atoms with Gasteiger partial charge in [-0.2, -0.15) is 0 Å². The van der Waals surface area contributed by atoms with E-state index in [9.17, 15) is 13.2 Å². The van der Waals surface area contributed by atoms with Gasteiger partial charge in [-0.15, -0.1) is 0 Å². The fourth-order valence-corrected chi connectivity index (χ4v) is 3.92. The first-order valence-electron chi connectivity index (χ1n) is 5.76. The zero-order valence-electron chi connectivity index (χ0n) is 10.3. The van der Waals surface area contributed by atoms with E-state index in [1.54, 1.807) is 12.1 Å². The number of ether oxygens (including phenoxy) is 1. The van der Waals surface area contributed by atoms with Crippen molar-refractivity contribution >= 4 is 27.3 Å². The Morgan fingerprint density at radius 2 is 2.21 bits per heavy atom. The highest BCUT2D eigenvalue weighted by molar-refractivity contribution is 7.91. The van der Waals surface area contributed by atoms with Crippen LogP contribution in [0.3, 0.4) is 0 Å². The van der Waals surface area contributed by atoms with Crippen molar-refractivity contribution in [3.63, 3.8) is 0 Å². The highest BCUT2D eigenvalue weighted by atomic mass is 35.5. The molecule has 7 heteroatoms. The minimum Gasteiger partial charge on any atom is -0.495 e. The van der Waals surface area contributed by atoms with Crippen LogP contribution in [0.4, 0.5) is 0 Å². The Bertz CT molecular complexity index is 600. The number of halogens is 1. The molecule has 0 radical (unpaired) electrons. The van der Waals surface area contributed by atoms with Crippen LogP contribution in [0.1, 0.15) is 16.8 Å². The fourth-order valence-electron chi connectivity index (χ4n) is 1.99. The summed E-state index contributed by atoms with van der Waals surface area (Å²) in [5.41, 5.74) is 0.384. The Kier molecular flexibility index (Phi) is 4.01. The van der Waals surface area contributed by atoms with E-state index in [0.29, 0.717) is 22.8 Å². The minimum absolute atomic E-state index is 0.00261. The molecule has 19 heavy (non-hydrogen) atoms. The Morgan fingerprint density at radius 1 is 1.47 bits per heavy atom. The molecular formula is C12H14ClNO4S. The van der Waals surface area contributed by atoms with Crippen LogP contribution in [-0.2, 0) is 9.84 Å². The van der Waals surface area contributed by atoms with Gasteiger partial charge in [-0.3, -0.25) is 4.79 Å². The molecule has 1 heterocycles. The molecule has 1 fully saturated rings. The molecular weight excluding hydrogens is 290 g/mol. The van der Waals surface area contributed by atoms with Crippen molar-refractivity contribution in [2.24, 2.45) is 0 Å². The van der Waals surface area contributed by atoms with Crippen molar-refractivity contribution < 1.29 is 17.9 Å². The number of hydrogen-bond donors (Lipinski definition) is 1. The summed E-state index contributed by atoms with van der Waals surface area (Å²) in [4.78, 5) is 12.0. The zero-order chi connectivity index (χ0) is 14.0. The Hall–Kier alpha value is -1.27. The van der Waals surface area contributed by atoms with Gasteiger partial charge in [0, 0.05) is 11.6 Å². The van der Waals surface area contributed by atoms with Gasteiger partial charge in [-0.25, -0.2) is 8.42 Å². The number of amides is 1. The monoisotopic (exact) mass is 303 g/mol. The van der Waals surface area contributed by atoms with Crippen LogP contribution in [0, 0.1) is 0 Å². The van der Waals surface area contributed by atoms with Gasteiger partial charge >= 0.3 is 0 Å². The molecule has 1 aliphatic heterocycles. The average Bonchev–Trinajstić information content (AvgIpc) is 2.68. The summed E-state index contributed by atoms with van der Waals surface area (Å²) in [5.74, 6) is 0.289. The van der Waals surface area contributed by atoms with E-state index in [1.165, 1.54) is 13.2 Å². The molecule has 1 amide bonds. The fraction of sp³-hybridized carbons (Fsp3) is 0.417. The summed E-state index contributed by atoms with van der Waals surface area (Å²) in [7, 11) is -1.51. The van der Waals surface area contributed by atoms with Crippen molar-refractivity contribution in [1.29, 1.82) is 0 Å². The minimum atomic E-state index is -3.00. The molecule has 0 aliphatic carbocycles. The van der Waals surface area contributed by atoms with Gasteiger partial charge in [0.15, 0.2) is 9.84 Å². The predicted molar refractivity (Wildman–Crippen MR) is 72.5 cm³/mol. The Balaban J connectivity index is 2.06. The van der Waals surface area contributed by atoms with Crippen molar-refractivity contribution in [1.82, 2.24) is 5.32 Å². The lowest BCUT2D eigenvalue weighted by Gasteiger charge is -2.11. The van der Waals surface area contributed by atoms with E-state index >= 15 is 0 Å². The normalized spacial score (nSPS) is 21.1. The average molecular weight is 304 g/mol. The second-order valence-electron chi connectivity index (χ2n) is 4.42. The lowest BCUT2D eigenvalue weighted by molar-refractivity contribution is 0.0941. The highest BCUT2D eigenvalue weighted by Gasteiger charge is 2.29. The number of hydrogen-bond acceptors (Lipinski definition) is 4. The first-order chi connectivity index (χ1) is 8.91. The standard InChI is InChI=1S/C12H14ClNO4S/c1-18-11-3-2-8(6-10(11)13)12(15)14-9-4-5-19(16,17)7-9/h2-3,6,9H,4-5,7H2,1H3,(H,14,15). The summed E-state index contributed by atoms with van der Waals surface area (Å²) < 4.78 is 27.6. The van der Waals surface area contributed by atoms with E-state index in [1.807, 2.05) is 0 Å². The number of benzene rings is 1. The second-order valence-corrected chi connectivity index (χ2v) is 7.06. The summed E-state index contributed by atoms with van der Waals surface area (Å²) in [6.45, 7) is 0. The van der Waals surface area contributed by atoms with Gasteiger partial charge in [0.25, 0.3) is 5.91 Å². The van der Waals surface area contributed by atoms with Crippen molar-refractivity contribution in [3.05, 3.63) is 28.8 Å². The van der Waals surface area contributed by atoms with E-state index in [4.69, 9.17) is 16.3 Å². The molecule has 1 aromatic rings. The van der Waals surface area contributed by atoms with E-state index < -0.39 is 9.84 Å².